The van der Waals surface area contributed by atoms with Crippen LogP contribution in [0.15, 0.2) is 0 Å². The van der Waals surface area contributed by atoms with Crippen molar-refractivity contribution in [3.05, 3.63) is 0 Å². The van der Waals surface area contributed by atoms with Crippen molar-refractivity contribution in [2.75, 3.05) is 13.6 Å². The molecular weight excluding hydrogens is 144 g/mol. The highest BCUT2D eigenvalue weighted by Crippen LogP contribution is 2.16. The quantitative estimate of drug-likeness (QED) is 0.579. The molecule has 4 heteroatoms. The number of likely N-dealkylation sites (N-methyl/N-ethyl adjacent to an activating group) is 1. The Bertz CT molecular complexity index is 161. The molecule has 0 bridgehead atoms. The van der Waals surface area contributed by atoms with Crippen LogP contribution in [0.5, 0.6) is 0 Å². The van der Waals surface area contributed by atoms with Gasteiger partial charge in [-0.2, -0.15) is 0 Å². The Hall–Kier alpha value is -0.770. The molecule has 0 radical (unpaired) electrons. The molecule has 1 rings (SSSR count). The molecule has 0 aromatic rings. The smallest absolute Gasteiger partial charge is 0.407 e. The van der Waals surface area contributed by atoms with Crippen LogP contribution in [-0.2, 0) is 0 Å². The minimum Gasteiger partial charge on any atom is -0.465 e. The Kier molecular flexibility index (Phi) is 2.34. The van der Waals surface area contributed by atoms with Crippen molar-refractivity contribution < 1.29 is 9.90 Å². The Labute approximate surface area is 66.2 Å². The minimum atomic E-state index is -0.810. The number of hydrogen-bond donors (Lipinski definition) is 2. The maximum Gasteiger partial charge on any atom is 0.407 e. The van der Waals surface area contributed by atoms with Crippen molar-refractivity contribution in [1.82, 2.24) is 10.2 Å². The zero-order valence-corrected chi connectivity index (χ0v) is 6.87. The molecule has 2 unspecified atom stereocenters. The van der Waals surface area contributed by atoms with Gasteiger partial charge >= 0.3 is 6.09 Å². The van der Waals surface area contributed by atoms with Gasteiger partial charge in [0.2, 0.25) is 0 Å². The lowest BCUT2D eigenvalue weighted by molar-refractivity contribution is 0.140. The summed E-state index contributed by atoms with van der Waals surface area (Å²) in [5, 5.41) is 11.8. The summed E-state index contributed by atoms with van der Waals surface area (Å²) in [4.78, 5) is 12.0. The monoisotopic (exact) mass is 158 g/mol. The van der Waals surface area contributed by atoms with Crippen molar-refractivity contribution in [3.8, 4) is 0 Å². The van der Waals surface area contributed by atoms with Gasteiger partial charge in [-0.15, -0.1) is 0 Å². The molecular formula is C7H14N2O2. The maximum atomic E-state index is 10.6. The number of rotatable bonds is 1. The van der Waals surface area contributed by atoms with Gasteiger partial charge in [-0.3, -0.25) is 0 Å². The molecule has 0 aromatic heterocycles. The molecule has 0 aliphatic carbocycles. The van der Waals surface area contributed by atoms with Gasteiger partial charge in [0, 0.05) is 18.6 Å². The summed E-state index contributed by atoms with van der Waals surface area (Å²) in [6, 6.07) is 0.434. The molecule has 0 aromatic carbocycles. The maximum absolute atomic E-state index is 10.6. The molecule has 1 heterocycles. The topological polar surface area (TPSA) is 52.6 Å². The van der Waals surface area contributed by atoms with Gasteiger partial charge in [0.15, 0.2) is 0 Å². The number of amides is 1. The summed E-state index contributed by atoms with van der Waals surface area (Å²) in [6.45, 7) is 2.59. The van der Waals surface area contributed by atoms with Gasteiger partial charge in [-0.1, -0.05) is 0 Å². The summed E-state index contributed by atoms with van der Waals surface area (Å²) in [5.74, 6) is 0. The molecule has 0 saturated carbocycles. The predicted molar refractivity (Wildman–Crippen MR) is 41.7 cm³/mol. The average molecular weight is 158 g/mol. The van der Waals surface area contributed by atoms with E-state index in [2.05, 4.69) is 5.32 Å². The van der Waals surface area contributed by atoms with Crippen LogP contribution < -0.4 is 5.32 Å². The Morgan fingerprint density at radius 2 is 2.36 bits per heavy atom. The van der Waals surface area contributed by atoms with E-state index in [0.29, 0.717) is 12.6 Å². The van der Waals surface area contributed by atoms with Crippen LogP contribution >= 0.6 is 0 Å². The first kappa shape index (κ1) is 8.33. The zero-order chi connectivity index (χ0) is 8.43. The highest BCUT2D eigenvalue weighted by molar-refractivity contribution is 5.66. The second-order valence-corrected chi connectivity index (χ2v) is 2.90. The van der Waals surface area contributed by atoms with Crippen LogP contribution in [0.4, 0.5) is 4.79 Å². The van der Waals surface area contributed by atoms with Crippen molar-refractivity contribution in [2.24, 2.45) is 0 Å². The molecule has 0 spiro atoms. The van der Waals surface area contributed by atoms with E-state index in [9.17, 15) is 4.79 Å². The fourth-order valence-corrected chi connectivity index (χ4v) is 1.60. The molecule has 1 amide bonds. The van der Waals surface area contributed by atoms with Crippen LogP contribution in [0.25, 0.3) is 0 Å². The molecule has 11 heavy (non-hydrogen) atoms. The fourth-order valence-electron chi connectivity index (χ4n) is 1.60. The number of carboxylic acid groups (broad SMARTS) is 1. The first-order valence-corrected chi connectivity index (χ1v) is 3.83. The summed E-state index contributed by atoms with van der Waals surface area (Å²) in [7, 11) is 1.87. The van der Waals surface area contributed by atoms with Crippen molar-refractivity contribution in [2.45, 2.75) is 25.4 Å². The van der Waals surface area contributed by atoms with E-state index in [0.717, 1.165) is 6.42 Å². The van der Waals surface area contributed by atoms with Crippen LogP contribution in [0.1, 0.15) is 13.3 Å². The summed E-state index contributed by atoms with van der Waals surface area (Å²) < 4.78 is 0. The molecule has 2 N–H and O–H groups in total. The van der Waals surface area contributed by atoms with E-state index in [-0.39, 0.29) is 6.04 Å². The lowest BCUT2D eigenvalue weighted by atomic mass is 10.1. The Morgan fingerprint density at radius 1 is 1.73 bits per heavy atom. The van der Waals surface area contributed by atoms with Gasteiger partial charge in [-0.25, -0.2) is 4.79 Å². The third-order valence-corrected chi connectivity index (χ3v) is 2.37. The molecule has 1 aliphatic rings. The van der Waals surface area contributed by atoms with E-state index in [1.165, 1.54) is 4.90 Å². The van der Waals surface area contributed by atoms with Gasteiger partial charge in [0.1, 0.15) is 0 Å². The number of nitrogens with zero attached hydrogens (tertiary/aromatic N) is 1. The van der Waals surface area contributed by atoms with Crippen LogP contribution in [0, 0.1) is 0 Å². The van der Waals surface area contributed by atoms with Gasteiger partial charge < -0.3 is 15.3 Å². The minimum absolute atomic E-state index is 0.109. The largest absolute Gasteiger partial charge is 0.465 e. The summed E-state index contributed by atoms with van der Waals surface area (Å²) in [6.07, 6.45) is 0.111. The van der Waals surface area contributed by atoms with Crippen LogP contribution in [0.3, 0.4) is 0 Å². The van der Waals surface area contributed by atoms with Gasteiger partial charge in [0.25, 0.3) is 0 Å². The predicted octanol–water partition coefficient (Wildman–Crippen LogP) is 0.347. The van der Waals surface area contributed by atoms with Gasteiger partial charge in [0.05, 0.1) is 0 Å². The molecule has 1 saturated heterocycles. The van der Waals surface area contributed by atoms with E-state index < -0.39 is 6.09 Å². The van der Waals surface area contributed by atoms with Crippen molar-refractivity contribution in [3.63, 3.8) is 0 Å². The van der Waals surface area contributed by atoms with Crippen LogP contribution in [-0.4, -0.2) is 41.8 Å². The highest BCUT2D eigenvalue weighted by Gasteiger charge is 2.32. The molecule has 2 atom stereocenters. The van der Waals surface area contributed by atoms with Crippen molar-refractivity contribution in [1.29, 1.82) is 0 Å². The standard InChI is InChI=1S/C7H14N2O2/c1-5-6(8-2)3-4-9(5)7(10)11/h5-6,8H,3-4H2,1-2H3,(H,10,11). The average Bonchev–Trinajstić information content (AvgIpc) is 2.30. The zero-order valence-electron chi connectivity index (χ0n) is 6.87. The fraction of sp³-hybridized carbons (Fsp3) is 0.857. The SMILES string of the molecule is CNC1CCN(C(=O)O)C1C. The molecule has 1 aliphatic heterocycles. The highest BCUT2D eigenvalue weighted by atomic mass is 16.4. The van der Waals surface area contributed by atoms with E-state index >= 15 is 0 Å². The number of likely N-dealkylation sites (tertiary alicyclic amines) is 1. The van der Waals surface area contributed by atoms with E-state index in [1.54, 1.807) is 0 Å². The van der Waals surface area contributed by atoms with E-state index in [4.69, 9.17) is 5.11 Å². The number of nitrogens with one attached hydrogen (secondary N) is 1. The van der Waals surface area contributed by atoms with E-state index in [1.807, 2.05) is 14.0 Å². The molecule has 64 valence electrons. The van der Waals surface area contributed by atoms with Crippen LogP contribution in [0.2, 0.25) is 0 Å². The summed E-state index contributed by atoms with van der Waals surface area (Å²) in [5.41, 5.74) is 0. The second-order valence-electron chi connectivity index (χ2n) is 2.90. The summed E-state index contributed by atoms with van der Waals surface area (Å²) >= 11 is 0. The first-order chi connectivity index (χ1) is 5.16. The third-order valence-electron chi connectivity index (χ3n) is 2.37. The first-order valence-electron chi connectivity index (χ1n) is 3.83. The normalized spacial score (nSPS) is 30.9. The molecule has 1 fully saturated rings. The second kappa shape index (κ2) is 3.09. The lowest BCUT2D eigenvalue weighted by Crippen LogP contribution is -2.41. The lowest BCUT2D eigenvalue weighted by Gasteiger charge is -2.21. The Morgan fingerprint density at radius 3 is 2.64 bits per heavy atom. The number of carbonyl (C=O) groups is 1. The molecule has 4 nitrogen and oxygen atoms in total. The van der Waals surface area contributed by atoms with Gasteiger partial charge in [-0.05, 0) is 20.4 Å². The number of hydrogen-bond acceptors (Lipinski definition) is 2. The van der Waals surface area contributed by atoms with Crippen molar-refractivity contribution >= 4 is 6.09 Å². The third kappa shape index (κ3) is 1.45. The Balaban J connectivity index is 2.55.